The van der Waals surface area contributed by atoms with Crippen molar-refractivity contribution >= 4 is 22.3 Å². The Kier molecular flexibility index (Phi) is 5.53. The fourth-order valence-electron chi connectivity index (χ4n) is 3.10. The van der Waals surface area contributed by atoms with E-state index < -0.39 is 5.97 Å². The number of rotatable bonds is 8. The van der Waals surface area contributed by atoms with Crippen LogP contribution in [-0.2, 0) is 0 Å². The van der Waals surface area contributed by atoms with Crippen LogP contribution < -0.4 is 0 Å². The van der Waals surface area contributed by atoms with Gasteiger partial charge in [-0.1, -0.05) is 51.7 Å². The third-order valence-corrected chi connectivity index (χ3v) is 5.52. The molecule has 1 N–H and O–H groups in total. The number of unbranched alkanes of at least 4 members (excludes halogenated alkanes) is 3. The highest BCUT2D eigenvalue weighted by molar-refractivity contribution is 7.15. The van der Waals surface area contributed by atoms with Gasteiger partial charge in [0.05, 0.1) is 11.3 Å². The summed E-state index contributed by atoms with van der Waals surface area (Å²) in [7, 11) is 0. The topological polar surface area (TPSA) is 54.6 Å². The van der Waals surface area contributed by atoms with Crippen molar-refractivity contribution in [2.24, 2.45) is 0 Å². The Balaban J connectivity index is 1.79. The molecule has 0 aliphatic rings. The second-order valence-electron chi connectivity index (χ2n) is 6.57. The average molecular weight is 356 g/mol. The SMILES string of the molecule is CCCCCC[C@H](C)c1csc2nc(-c3ccc(C(=O)O)cc3)cn12. The van der Waals surface area contributed by atoms with E-state index in [1.165, 1.54) is 37.8 Å². The lowest BCUT2D eigenvalue weighted by atomic mass is 10.00. The monoisotopic (exact) mass is 356 g/mol. The van der Waals surface area contributed by atoms with Gasteiger partial charge in [-0.05, 0) is 24.5 Å². The fourth-order valence-corrected chi connectivity index (χ4v) is 4.10. The lowest BCUT2D eigenvalue weighted by Gasteiger charge is -2.10. The zero-order chi connectivity index (χ0) is 17.8. The van der Waals surface area contributed by atoms with Gasteiger partial charge in [0.15, 0.2) is 4.96 Å². The smallest absolute Gasteiger partial charge is 0.335 e. The molecule has 3 rings (SSSR count). The van der Waals surface area contributed by atoms with E-state index >= 15 is 0 Å². The molecule has 0 spiro atoms. The van der Waals surface area contributed by atoms with Crippen LogP contribution in [0, 0.1) is 0 Å². The molecule has 0 aliphatic heterocycles. The van der Waals surface area contributed by atoms with Gasteiger partial charge in [0, 0.05) is 22.8 Å². The zero-order valence-corrected chi connectivity index (χ0v) is 15.6. The third kappa shape index (κ3) is 3.93. The standard InChI is InChI=1S/C20H24N2O2S/c1-3-4-5-6-7-14(2)18-13-25-20-21-17(12-22(18)20)15-8-10-16(11-9-15)19(23)24/h8-14H,3-7H2,1-2H3,(H,23,24)/t14-/m0/s1. The first-order valence-corrected chi connectivity index (χ1v) is 9.78. The van der Waals surface area contributed by atoms with Crippen LogP contribution in [0.25, 0.3) is 16.2 Å². The fraction of sp³-hybridized carbons (Fsp3) is 0.400. The number of carboxylic acids is 1. The summed E-state index contributed by atoms with van der Waals surface area (Å²) in [5.41, 5.74) is 3.45. The summed E-state index contributed by atoms with van der Waals surface area (Å²) >= 11 is 1.67. The van der Waals surface area contributed by atoms with Gasteiger partial charge >= 0.3 is 5.97 Å². The van der Waals surface area contributed by atoms with Crippen molar-refractivity contribution in [1.82, 2.24) is 9.38 Å². The number of thiazole rings is 1. The molecule has 0 saturated heterocycles. The van der Waals surface area contributed by atoms with Crippen molar-refractivity contribution in [3.05, 3.63) is 47.1 Å². The maximum Gasteiger partial charge on any atom is 0.335 e. The molecular formula is C20H24N2O2S. The normalized spacial score (nSPS) is 12.6. The first-order chi connectivity index (χ1) is 12.1. The largest absolute Gasteiger partial charge is 0.478 e. The summed E-state index contributed by atoms with van der Waals surface area (Å²) < 4.78 is 2.19. The molecule has 5 heteroatoms. The predicted octanol–water partition coefficient (Wildman–Crippen LogP) is 5.83. The summed E-state index contributed by atoms with van der Waals surface area (Å²) in [6, 6.07) is 6.90. The van der Waals surface area contributed by atoms with Crippen LogP contribution in [0.5, 0.6) is 0 Å². The number of imidazole rings is 1. The number of carboxylic acid groups (broad SMARTS) is 1. The van der Waals surface area contributed by atoms with E-state index in [9.17, 15) is 4.79 Å². The third-order valence-electron chi connectivity index (χ3n) is 4.66. The quantitative estimate of drug-likeness (QED) is 0.516. The molecule has 132 valence electrons. The van der Waals surface area contributed by atoms with Gasteiger partial charge in [-0.25, -0.2) is 9.78 Å². The number of hydrogen-bond donors (Lipinski definition) is 1. The molecule has 0 amide bonds. The lowest BCUT2D eigenvalue weighted by molar-refractivity contribution is 0.0697. The van der Waals surface area contributed by atoms with Crippen LogP contribution in [0.1, 0.15) is 67.9 Å². The van der Waals surface area contributed by atoms with E-state index in [4.69, 9.17) is 10.1 Å². The molecule has 2 heterocycles. The Morgan fingerprint density at radius 2 is 2.00 bits per heavy atom. The predicted molar refractivity (Wildman–Crippen MR) is 103 cm³/mol. The first-order valence-electron chi connectivity index (χ1n) is 8.90. The highest BCUT2D eigenvalue weighted by Crippen LogP contribution is 2.29. The van der Waals surface area contributed by atoms with E-state index in [1.54, 1.807) is 23.5 Å². The Morgan fingerprint density at radius 3 is 2.68 bits per heavy atom. The van der Waals surface area contributed by atoms with Crippen LogP contribution in [0.3, 0.4) is 0 Å². The van der Waals surface area contributed by atoms with Gasteiger partial charge in [0.25, 0.3) is 0 Å². The number of hydrogen-bond acceptors (Lipinski definition) is 3. The van der Waals surface area contributed by atoms with Crippen molar-refractivity contribution in [2.45, 2.75) is 51.9 Å². The van der Waals surface area contributed by atoms with Crippen molar-refractivity contribution in [3.63, 3.8) is 0 Å². The summed E-state index contributed by atoms with van der Waals surface area (Å²) in [4.78, 5) is 16.7. The molecular weight excluding hydrogens is 332 g/mol. The molecule has 0 aliphatic carbocycles. The molecule has 25 heavy (non-hydrogen) atoms. The molecule has 0 bridgehead atoms. The van der Waals surface area contributed by atoms with Gasteiger partial charge in [-0.15, -0.1) is 11.3 Å². The van der Waals surface area contributed by atoms with Crippen LogP contribution in [0.15, 0.2) is 35.8 Å². The lowest BCUT2D eigenvalue weighted by Crippen LogP contribution is -1.97. The number of nitrogens with zero attached hydrogens (tertiary/aromatic N) is 2. The minimum Gasteiger partial charge on any atom is -0.478 e. The van der Waals surface area contributed by atoms with Crippen molar-refractivity contribution < 1.29 is 9.90 Å². The van der Waals surface area contributed by atoms with Gasteiger partial charge < -0.3 is 5.11 Å². The van der Waals surface area contributed by atoms with Gasteiger partial charge in [0.1, 0.15) is 0 Å². The molecule has 2 aromatic heterocycles. The minimum absolute atomic E-state index is 0.297. The molecule has 4 nitrogen and oxygen atoms in total. The molecule has 1 atom stereocenters. The van der Waals surface area contributed by atoms with Gasteiger partial charge in [-0.2, -0.15) is 0 Å². The van der Waals surface area contributed by atoms with Crippen LogP contribution >= 0.6 is 11.3 Å². The Bertz CT molecular complexity index is 848. The number of aromatic nitrogens is 2. The van der Waals surface area contributed by atoms with E-state index in [0.29, 0.717) is 11.5 Å². The van der Waals surface area contributed by atoms with Crippen molar-refractivity contribution in [1.29, 1.82) is 0 Å². The molecule has 0 unspecified atom stereocenters. The highest BCUT2D eigenvalue weighted by Gasteiger charge is 2.14. The highest BCUT2D eigenvalue weighted by atomic mass is 32.1. The van der Waals surface area contributed by atoms with E-state index in [1.807, 2.05) is 12.1 Å². The molecule has 3 aromatic rings. The number of benzene rings is 1. The van der Waals surface area contributed by atoms with Crippen LogP contribution in [0.4, 0.5) is 0 Å². The summed E-state index contributed by atoms with van der Waals surface area (Å²) in [6.45, 7) is 4.52. The first kappa shape index (κ1) is 17.7. The number of aromatic carboxylic acids is 1. The summed E-state index contributed by atoms with van der Waals surface area (Å²) in [5.74, 6) is -0.390. The van der Waals surface area contributed by atoms with Crippen molar-refractivity contribution in [3.8, 4) is 11.3 Å². The second kappa shape index (κ2) is 7.83. The van der Waals surface area contributed by atoms with E-state index in [-0.39, 0.29) is 0 Å². The van der Waals surface area contributed by atoms with Gasteiger partial charge in [-0.3, -0.25) is 4.40 Å². The van der Waals surface area contributed by atoms with E-state index in [0.717, 1.165) is 16.2 Å². The molecule has 0 fully saturated rings. The van der Waals surface area contributed by atoms with Crippen LogP contribution in [0.2, 0.25) is 0 Å². The average Bonchev–Trinajstić information content (AvgIpc) is 3.19. The van der Waals surface area contributed by atoms with E-state index in [2.05, 4.69) is 29.8 Å². The van der Waals surface area contributed by atoms with Crippen LogP contribution in [-0.4, -0.2) is 20.5 Å². The number of carbonyl (C=O) groups is 1. The second-order valence-corrected chi connectivity index (χ2v) is 7.41. The Hall–Kier alpha value is -2.14. The summed E-state index contributed by atoms with van der Waals surface area (Å²) in [5, 5.41) is 11.2. The molecule has 0 saturated carbocycles. The maximum atomic E-state index is 11.0. The molecule has 0 radical (unpaired) electrons. The minimum atomic E-state index is -0.906. The Labute approximate surface area is 152 Å². The molecule has 1 aromatic carbocycles. The van der Waals surface area contributed by atoms with Crippen molar-refractivity contribution in [2.75, 3.05) is 0 Å². The maximum absolute atomic E-state index is 11.0. The number of fused-ring (bicyclic) bond motifs is 1. The Morgan fingerprint density at radius 1 is 1.24 bits per heavy atom. The van der Waals surface area contributed by atoms with Gasteiger partial charge in [0.2, 0.25) is 0 Å². The summed E-state index contributed by atoms with van der Waals surface area (Å²) in [6.07, 6.45) is 8.42. The zero-order valence-electron chi connectivity index (χ0n) is 14.7.